The van der Waals surface area contributed by atoms with Crippen LogP contribution in [-0.4, -0.2) is 34.7 Å². The average Bonchev–Trinajstić information content (AvgIpc) is 3.25. The fourth-order valence-electron chi connectivity index (χ4n) is 5.52. The number of rotatable bonds is 4. The van der Waals surface area contributed by atoms with E-state index in [1.807, 2.05) is 30.6 Å². The Bertz CT molecular complexity index is 1470. The van der Waals surface area contributed by atoms with Gasteiger partial charge in [0, 0.05) is 16.5 Å². The number of nitrogens with two attached hydrogens (primary N) is 1. The van der Waals surface area contributed by atoms with Gasteiger partial charge >= 0.3 is 5.97 Å². The molecule has 2 N–H and O–H groups in total. The average molecular weight is 479 g/mol. The Morgan fingerprint density at radius 1 is 1.00 bits per heavy atom. The lowest BCUT2D eigenvalue weighted by atomic mass is 9.81. The van der Waals surface area contributed by atoms with Crippen molar-refractivity contribution in [2.75, 3.05) is 7.11 Å². The Morgan fingerprint density at radius 3 is 2.56 bits per heavy atom. The zero-order chi connectivity index (χ0) is 24.7. The van der Waals surface area contributed by atoms with Gasteiger partial charge in [-0.25, -0.2) is 4.98 Å². The molecule has 6 rings (SSSR count). The summed E-state index contributed by atoms with van der Waals surface area (Å²) >= 11 is 0. The van der Waals surface area contributed by atoms with Crippen LogP contribution >= 0.6 is 0 Å². The highest BCUT2D eigenvalue weighted by molar-refractivity contribution is 6.01. The Labute approximate surface area is 209 Å². The minimum absolute atomic E-state index is 0.0297. The fraction of sp³-hybridized carbons (Fsp3) is 0.241. The molecule has 7 heteroatoms. The van der Waals surface area contributed by atoms with Gasteiger partial charge in [-0.2, -0.15) is 10.8 Å². The van der Waals surface area contributed by atoms with Crippen molar-refractivity contribution < 1.29 is 14.1 Å². The van der Waals surface area contributed by atoms with E-state index in [-0.39, 0.29) is 22.4 Å². The molecule has 36 heavy (non-hydrogen) atoms. The van der Waals surface area contributed by atoms with Crippen LogP contribution < -0.4 is 5.84 Å². The number of benzene rings is 2. The van der Waals surface area contributed by atoms with Gasteiger partial charge in [-0.3, -0.25) is 9.79 Å². The normalized spacial score (nSPS) is 25.1. The van der Waals surface area contributed by atoms with Crippen molar-refractivity contribution in [1.29, 1.82) is 0 Å². The Balaban J connectivity index is 1.37. The minimum atomic E-state index is -0.124. The summed E-state index contributed by atoms with van der Waals surface area (Å²) in [5, 5.41) is 1.07. The van der Waals surface area contributed by atoms with Crippen molar-refractivity contribution in [1.82, 2.24) is 4.98 Å². The summed E-state index contributed by atoms with van der Waals surface area (Å²) in [5.74, 6) is 7.88. The summed E-state index contributed by atoms with van der Waals surface area (Å²) < 4.78 is 4.99. The van der Waals surface area contributed by atoms with E-state index < -0.39 is 0 Å². The van der Waals surface area contributed by atoms with Crippen LogP contribution in [0.4, 0.5) is 0 Å². The predicted octanol–water partition coefficient (Wildman–Crippen LogP) is 5.21. The highest BCUT2D eigenvalue weighted by Gasteiger charge is 2.48. The molecule has 3 aromatic rings. The first kappa shape index (κ1) is 22.5. The van der Waals surface area contributed by atoms with E-state index in [1.54, 1.807) is 6.20 Å². The van der Waals surface area contributed by atoms with Crippen molar-refractivity contribution in [2.45, 2.75) is 25.7 Å². The Kier molecular flexibility index (Phi) is 5.59. The van der Waals surface area contributed by atoms with Crippen LogP contribution in [0.3, 0.4) is 0 Å². The fourth-order valence-corrected chi connectivity index (χ4v) is 5.52. The summed E-state index contributed by atoms with van der Waals surface area (Å²) in [6, 6.07) is 20.6. The molecule has 0 spiro atoms. The molecule has 7 nitrogen and oxygen atoms in total. The van der Waals surface area contributed by atoms with E-state index in [1.165, 1.54) is 7.11 Å². The Hall–Kier alpha value is -3.94. The summed E-state index contributed by atoms with van der Waals surface area (Å²) in [6.07, 6.45) is 8.69. The lowest BCUT2D eigenvalue weighted by Crippen LogP contribution is -2.55. The number of hydrogen-bond acceptors (Lipinski definition) is 6. The second-order valence-electron chi connectivity index (χ2n) is 9.60. The molecular formula is C29H28N5O2+. The van der Waals surface area contributed by atoms with E-state index in [0.29, 0.717) is 0 Å². The lowest BCUT2D eigenvalue weighted by Gasteiger charge is -2.33. The first-order valence-corrected chi connectivity index (χ1v) is 12.3. The first-order valence-electron chi connectivity index (χ1n) is 12.3. The molecule has 2 aromatic carbocycles. The molecule has 1 aliphatic carbocycles. The van der Waals surface area contributed by atoms with E-state index in [4.69, 9.17) is 20.6 Å². The van der Waals surface area contributed by atoms with Crippen molar-refractivity contribution in [3.63, 3.8) is 0 Å². The van der Waals surface area contributed by atoms with Crippen molar-refractivity contribution in [2.24, 2.45) is 27.7 Å². The number of aromatic nitrogens is 1. The number of quaternary nitrogens is 1. The molecule has 1 aromatic heterocycles. The number of nitrogens with zero attached hydrogens (tertiary/aromatic N) is 4. The molecule has 1 fully saturated rings. The number of esters is 1. The van der Waals surface area contributed by atoms with Crippen LogP contribution in [0.5, 0.6) is 0 Å². The molecule has 1 unspecified atom stereocenters. The third-order valence-corrected chi connectivity index (χ3v) is 7.49. The molecule has 0 bridgehead atoms. The van der Waals surface area contributed by atoms with Gasteiger partial charge in [0.25, 0.3) is 0 Å². The Morgan fingerprint density at radius 2 is 1.78 bits per heavy atom. The second kappa shape index (κ2) is 8.93. The maximum Gasteiger partial charge on any atom is 0.308 e. The van der Waals surface area contributed by atoms with Crippen LogP contribution in [0.2, 0.25) is 0 Å². The van der Waals surface area contributed by atoms with E-state index >= 15 is 0 Å². The van der Waals surface area contributed by atoms with Gasteiger partial charge in [-0.15, -0.1) is 4.59 Å². The molecule has 180 valence electrons. The lowest BCUT2D eigenvalue weighted by molar-refractivity contribution is -0.754. The summed E-state index contributed by atoms with van der Waals surface area (Å²) in [4.78, 5) is 26.5. The highest BCUT2D eigenvalue weighted by atomic mass is 16.5. The molecule has 0 amide bonds. The standard InChI is InChI=1S/C29H28N5O2/c1-36-29(35)22-10-8-21(9-11-22)28-33-27(26-18-31-15-16-34(26,28)30)23-12-7-20-13-14-24(32-25(20)17-23)19-5-3-2-4-6-19/h2-7,12-18,21-22H,8-11,30H2,1H3/q+1/t21-,22-,34?. The van der Waals surface area contributed by atoms with Gasteiger partial charge < -0.3 is 4.74 Å². The van der Waals surface area contributed by atoms with Crippen LogP contribution in [0.25, 0.3) is 27.9 Å². The van der Waals surface area contributed by atoms with Gasteiger partial charge in [0.2, 0.25) is 11.5 Å². The summed E-state index contributed by atoms with van der Waals surface area (Å²) in [7, 11) is 1.46. The number of aliphatic imine (C=N–C) groups is 2. The number of carbonyl (C=O) groups excluding carboxylic acids is 1. The number of hydrogen-bond donors (Lipinski definition) is 1. The number of amidine groups is 1. The second-order valence-corrected chi connectivity index (χ2v) is 9.60. The van der Waals surface area contributed by atoms with E-state index in [2.05, 4.69) is 47.5 Å². The topological polar surface area (TPSA) is 89.9 Å². The van der Waals surface area contributed by atoms with Crippen molar-refractivity contribution in [3.8, 4) is 11.3 Å². The van der Waals surface area contributed by atoms with E-state index in [0.717, 1.165) is 70.6 Å². The van der Waals surface area contributed by atoms with Crippen LogP contribution in [0.1, 0.15) is 31.2 Å². The van der Waals surface area contributed by atoms with Gasteiger partial charge in [-0.1, -0.05) is 48.5 Å². The number of carbonyl (C=O) groups is 1. The predicted molar refractivity (Wildman–Crippen MR) is 141 cm³/mol. The third kappa shape index (κ3) is 3.77. The van der Waals surface area contributed by atoms with Crippen LogP contribution in [0, 0.1) is 11.8 Å². The van der Waals surface area contributed by atoms with Crippen molar-refractivity contribution >= 4 is 34.6 Å². The molecule has 3 aliphatic rings. The summed E-state index contributed by atoms with van der Waals surface area (Å²) in [5.41, 5.74) is 5.55. The number of pyridine rings is 1. The first-order chi connectivity index (χ1) is 17.6. The largest absolute Gasteiger partial charge is 0.469 e. The zero-order valence-corrected chi connectivity index (χ0v) is 20.2. The quantitative estimate of drug-likeness (QED) is 0.317. The number of ether oxygens (including phenoxy) is 1. The summed E-state index contributed by atoms with van der Waals surface area (Å²) in [6.45, 7) is 0. The van der Waals surface area contributed by atoms with Crippen molar-refractivity contribution in [3.05, 3.63) is 84.3 Å². The number of allylic oxidation sites excluding steroid dienone is 1. The monoisotopic (exact) mass is 478 g/mol. The zero-order valence-electron chi connectivity index (χ0n) is 20.2. The molecule has 0 radical (unpaired) electrons. The number of fused-ring (bicyclic) bond motifs is 2. The molecule has 1 saturated carbocycles. The SMILES string of the molecule is COC(=O)[C@H]1CC[C@H](C2=NC(c3ccc4ccc(-c5ccccc5)nc4c3)=C3C=NC=C[N+]32N)CC1. The molecule has 3 heterocycles. The molecule has 2 aliphatic heterocycles. The minimum Gasteiger partial charge on any atom is -0.469 e. The molecular weight excluding hydrogens is 450 g/mol. The van der Waals surface area contributed by atoms with E-state index in [9.17, 15) is 4.79 Å². The van der Waals surface area contributed by atoms with Gasteiger partial charge in [0.15, 0.2) is 0 Å². The maximum atomic E-state index is 12.0. The van der Waals surface area contributed by atoms with Gasteiger partial charge in [-0.05, 0) is 37.8 Å². The third-order valence-electron chi connectivity index (χ3n) is 7.49. The maximum absolute atomic E-state index is 12.0. The van der Waals surface area contributed by atoms with Crippen LogP contribution in [-0.2, 0) is 9.53 Å². The van der Waals surface area contributed by atoms with Gasteiger partial charge in [0.05, 0.1) is 42.6 Å². The smallest absolute Gasteiger partial charge is 0.308 e. The molecule has 0 saturated heterocycles. The van der Waals surface area contributed by atoms with Crippen LogP contribution in [0.15, 0.2) is 88.7 Å². The van der Waals surface area contributed by atoms with Gasteiger partial charge in [0.1, 0.15) is 11.9 Å². The number of methoxy groups -OCH3 is 1. The molecule has 1 atom stereocenters. The highest BCUT2D eigenvalue weighted by Crippen LogP contribution is 2.41.